The zero-order valence-corrected chi connectivity index (χ0v) is 5.55. The molecule has 0 heterocycles. The summed E-state index contributed by atoms with van der Waals surface area (Å²) in [6, 6.07) is 0. The molecule has 0 aromatic carbocycles. The molecule has 9 heavy (non-hydrogen) atoms. The highest BCUT2D eigenvalue weighted by molar-refractivity contribution is 5.88. The van der Waals surface area contributed by atoms with E-state index in [1.54, 1.807) is 0 Å². The highest BCUT2D eigenvalue weighted by Gasteiger charge is 2.54. The fourth-order valence-corrected chi connectivity index (χ4v) is 1.16. The van der Waals surface area contributed by atoms with E-state index in [9.17, 15) is 4.79 Å². The molecule has 0 radical (unpaired) electrons. The summed E-state index contributed by atoms with van der Waals surface area (Å²) in [6.45, 7) is 2.02. The van der Waals surface area contributed by atoms with Gasteiger partial charge in [0, 0.05) is 0 Å². The standard InChI is InChI=1S/C6H12N2O/c1-2-4-3-6(4,8)5(7)9/h4H,2-3,8H2,1H3,(H2,7,9)/t4-,6+/m0/s1. The number of hydrogen-bond donors (Lipinski definition) is 2. The first-order chi connectivity index (χ1) is 4.11. The Morgan fingerprint density at radius 1 is 1.89 bits per heavy atom. The van der Waals surface area contributed by atoms with Crippen molar-refractivity contribution in [2.75, 3.05) is 0 Å². The minimum atomic E-state index is -0.644. The van der Waals surface area contributed by atoms with E-state index in [4.69, 9.17) is 11.5 Å². The summed E-state index contributed by atoms with van der Waals surface area (Å²) >= 11 is 0. The van der Waals surface area contributed by atoms with Crippen molar-refractivity contribution in [2.45, 2.75) is 25.3 Å². The minimum absolute atomic E-state index is 0.343. The monoisotopic (exact) mass is 128 g/mol. The molecular formula is C6H12N2O. The average molecular weight is 128 g/mol. The second-order valence-electron chi connectivity index (χ2n) is 2.71. The predicted octanol–water partition coefficient (Wildman–Crippen LogP) is -0.401. The summed E-state index contributed by atoms with van der Waals surface area (Å²) in [5.41, 5.74) is 9.96. The van der Waals surface area contributed by atoms with E-state index in [0.29, 0.717) is 5.92 Å². The van der Waals surface area contributed by atoms with Crippen molar-refractivity contribution in [3.63, 3.8) is 0 Å². The number of amides is 1. The summed E-state index contributed by atoms with van der Waals surface area (Å²) in [6.07, 6.45) is 1.73. The van der Waals surface area contributed by atoms with Crippen LogP contribution < -0.4 is 11.5 Å². The molecule has 0 aliphatic heterocycles. The lowest BCUT2D eigenvalue weighted by molar-refractivity contribution is -0.120. The van der Waals surface area contributed by atoms with Gasteiger partial charge in [0.05, 0.1) is 5.54 Å². The maximum atomic E-state index is 10.5. The molecule has 0 aromatic rings. The van der Waals surface area contributed by atoms with Crippen molar-refractivity contribution < 1.29 is 4.79 Å². The Morgan fingerprint density at radius 3 is 2.56 bits per heavy atom. The molecule has 0 saturated heterocycles. The van der Waals surface area contributed by atoms with Crippen molar-refractivity contribution in [1.82, 2.24) is 0 Å². The fourth-order valence-electron chi connectivity index (χ4n) is 1.16. The second kappa shape index (κ2) is 1.70. The Labute approximate surface area is 54.4 Å². The van der Waals surface area contributed by atoms with Crippen LogP contribution in [0.3, 0.4) is 0 Å². The zero-order chi connectivity index (χ0) is 7.07. The van der Waals surface area contributed by atoms with Crippen molar-refractivity contribution in [3.05, 3.63) is 0 Å². The SMILES string of the molecule is CC[C@H]1C[C@]1(N)C(N)=O. The van der Waals surface area contributed by atoms with Gasteiger partial charge in [-0.25, -0.2) is 0 Å². The van der Waals surface area contributed by atoms with E-state index < -0.39 is 5.54 Å². The highest BCUT2D eigenvalue weighted by atomic mass is 16.1. The highest BCUT2D eigenvalue weighted by Crippen LogP contribution is 2.42. The molecule has 3 nitrogen and oxygen atoms in total. The lowest BCUT2D eigenvalue weighted by Crippen LogP contribution is -2.40. The molecule has 1 amide bonds. The van der Waals surface area contributed by atoms with Crippen LogP contribution in [0, 0.1) is 5.92 Å². The van der Waals surface area contributed by atoms with Crippen molar-refractivity contribution in [2.24, 2.45) is 17.4 Å². The molecule has 0 aromatic heterocycles. The van der Waals surface area contributed by atoms with E-state index in [1.165, 1.54) is 0 Å². The largest absolute Gasteiger partial charge is 0.368 e. The molecule has 0 bridgehead atoms. The van der Waals surface area contributed by atoms with Gasteiger partial charge in [-0.3, -0.25) is 4.79 Å². The van der Waals surface area contributed by atoms with Gasteiger partial charge in [0.25, 0.3) is 0 Å². The molecule has 1 aliphatic carbocycles. The maximum Gasteiger partial charge on any atom is 0.237 e. The van der Waals surface area contributed by atoms with Crippen LogP contribution in [0.4, 0.5) is 0 Å². The van der Waals surface area contributed by atoms with Crippen LogP contribution in [0.25, 0.3) is 0 Å². The number of nitrogens with two attached hydrogens (primary N) is 2. The Hall–Kier alpha value is -0.570. The lowest BCUT2D eigenvalue weighted by Gasteiger charge is -2.02. The lowest BCUT2D eigenvalue weighted by atomic mass is 10.2. The van der Waals surface area contributed by atoms with Crippen LogP contribution in [0.1, 0.15) is 19.8 Å². The summed E-state index contributed by atoms with van der Waals surface area (Å²) in [7, 11) is 0. The van der Waals surface area contributed by atoms with Crippen LogP contribution >= 0.6 is 0 Å². The number of primary amides is 1. The molecule has 52 valence electrons. The molecule has 1 saturated carbocycles. The molecule has 3 heteroatoms. The third-order valence-electron chi connectivity index (χ3n) is 2.10. The molecule has 4 N–H and O–H groups in total. The summed E-state index contributed by atoms with van der Waals surface area (Å²) in [4.78, 5) is 10.5. The van der Waals surface area contributed by atoms with Gasteiger partial charge in [-0.05, 0) is 12.3 Å². The van der Waals surface area contributed by atoms with Crippen LogP contribution in [-0.2, 0) is 4.79 Å². The fraction of sp³-hybridized carbons (Fsp3) is 0.833. The van der Waals surface area contributed by atoms with Gasteiger partial charge in [-0.2, -0.15) is 0 Å². The first-order valence-electron chi connectivity index (χ1n) is 3.20. The topological polar surface area (TPSA) is 69.1 Å². The summed E-state index contributed by atoms with van der Waals surface area (Å²) in [5.74, 6) is -0.00986. The van der Waals surface area contributed by atoms with Gasteiger partial charge in [0.1, 0.15) is 0 Å². The number of carbonyl (C=O) groups excluding carboxylic acids is 1. The zero-order valence-electron chi connectivity index (χ0n) is 5.55. The third-order valence-corrected chi connectivity index (χ3v) is 2.10. The van der Waals surface area contributed by atoms with Gasteiger partial charge in [-0.1, -0.05) is 13.3 Å². The van der Waals surface area contributed by atoms with E-state index in [-0.39, 0.29) is 5.91 Å². The molecule has 1 fully saturated rings. The first-order valence-corrected chi connectivity index (χ1v) is 3.20. The molecule has 0 spiro atoms. The van der Waals surface area contributed by atoms with E-state index in [0.717, 1.165) is 12.8 Å². The third kappa shape index (κ3) is 0.812. The van der Waals surface area contributed by atoms with E-state index in [1.807, 2.05) is 6.92 Å². The quantitative estimate of drug-likeness (QED) is 0.531. The van der Waals surface area contributed by atoms with Gasteiger partial charge in [-0.15, -0.1) is 0 Å². The van der Waals surface area contributed by atoms with Gasteiger partial charge in [0.15, 0.2) is 0 Å². The first kappa shape index (κ1) is 6.55. The summed E-state index contributed by atoms with van der Waals surface area (Å²) < 4.78 is 0. The van der Waals surface area contributed by atoms with Crippen molar-refractivity contribution >= 4 is 5.91 Å². The van der Waals surface area contributed by atoms with Crippen LogP contribution in [-0.4, -0.2) is 11.4 Å². The van der Waals surface area contributed by atoms with Crippen LogP contribution in [0.5, 0.6) is 0 Å². The average Bonchev–Trinajstić information content (AvgIpc) is 2.44. The molecule has 1 rings (SSSR count). The Bertz CT molecular complexity index is 146. The molecule has 2 atom stereocenters. The van der Waals surface area contributed by atoms with Crippen molar-refractivity contribution in [1.29, 1.82) is 0 Å². The smallest absolute Gasteiger partial charge is 0.237 e. The molecule has 1 aliphatic rings. The Kier molecular flexibility index (Phi) is 1.24. The Balaban J connectivity index is 2.52. The van der Waals surface area contributed by atoms with Crippen molar-refractivity contribution in [3.8, 4) is 0 Å². The number of rotatable bonds is 2. The molecular weight excluding hydrogens is 116 g/mol. The predicted molar refractivity (Wildman–Crippen MR) is 34.5 cm³/mol. The van der Waals surface area contributed by atoms with E-state index >= 15 is 0 Å². The van der Waals surface area contributed by atoms with Crippen LogP contribution in [0.15, 0.2) is 0 Å². The van der Waals surface area contributed by atoms with E-state index in [2.05, 4.69) is 0 Å². The molecule has 0 unspecified atom stereocenters. The Morgan fingerprint density at radius 2 is 2.44 bits per heavy atom. The summed E-state index contributed by atoms with van der Waals surface area (Å²) in [5, 5.41) is 0. The van der Waals surface area contributed by atoms with Crippen LogP contribution in [0.2, 0.25) is 0 Å². The van der Waals surface area contributed by atoms with Gasteiger partial charge in [0.2, 0.25) is 5.91 Å². The number of carbonyl (C=O) groups is 1. The normalized spacial score (nSPS) is 40.4. The maximum absolute atomic E-state index is 10.5. The second-order valence-corrected chi connectivity index (χ2v) is 2.71. The number of hydrogen-bond acceptors (Lipinski definition) is 2. The van der Waals surface area contributed by atoms with Gasteiger partial charge >= 0.3 is 0 Å². The van der Waals surface area contributed by atoms with Gasteiger partial charge < -0.3 is 11.5 Å². The minimum Gasteiger partial charge on any atom is -0.368 e.